The zero-order valence-electron chi connectivity index (χ0n) is 22.0. The van der Waals surface area contributed by atoms with Gasteiger partial charge in [-0.25, -0.2) is 4.79 Å². The van der Waals surface area contributed by atoms with Crippen molar-refractivity contribution in [1.29, 1.82) is 0 Å². The average molecular weight is 531 g/mol. The molecule has 2 unspecified atom stereocenters. The Morgan fingerprint density at radius 1 is 0.944 bits per heavy atom. The number of fused-ring (bicyclic) bond motifs is 5. The summed E-state index contributed by atoms with van der Waals surface area (Å²) < 4.78 is 31.8. The van der Waals surface area contributed by atoms with E-state index in [-0.39, 0.29) is 17.8 Å². The van der Waals surface area contributed by atoms with Gasteiger partial charge in [-0.3, -0.25) is 4.55 Å². The molecule has 0 aromatic rings. The van der Waals surface area contributed by atoms with Crippen LogP contribution in [0.15, 0.2) is 0 Å². The van der Waals surface area contributed by atoms with Gasteiger partial charge >= 0.3 is 21.2 Å². The minimum absolute atomic E-state index is 0.0887. The van der Waals surface area contributed by atoms with Gasteiger partial charge in [0.25, 0.3) is 0 Å². The number of carboxylic acids is 1. The van der Waals surface area contributed by atoms with Gasteiger partial charge in [0.15, 0.2) is 0 Å². The molecule has 4 aliphatic rings. The van der Waals surface area contributed by atoms with Crippen molar-refractivity contribution >= 4 is 16.1 Å². The third-order valence-electron chi connectivity index (χ3n) is 11.8. The number of aliphatic hydroxyl groups is 3. The first-order valence-electron chi connectivity index (χ1n) is 14.0. The largest absolute Gasteiger partial charge is 0.479 e. The zero-order chi connectivity index (χ0) is 26.7. The Morgan fingerprint density at radius 3 is 2.25 bits per heavy atom. The highest BCUT2D eigenvalue weighted by Crippen LogP contribution is 2.68. The second-order valence-electron chi connectivity index (χ2n) is 13.2. The Bertz CT molecular complexity index is 949. The van der Waals surface area contributed by atoms with Crippen molar-refractivity contribution < 1.29 is 38.2 Å². The molecule has 208 valence electrons. The molecular formula is C27H46O8S. The quantitative estimate of drug-likeness (QED) is 0.231. The second-order valence-corrected chi connectivity index (χ2v) is 14.8. The normalized spacial score (nSPS) is 41.5. The fourth-order valence-electron chi connectivity index (χ4n) is 9.77. The minimum Gasteiger partial charge on any atom is -0.479 e. The maximum atomic E-state index is 11.6. The summed E-state index contributed by atoms with van der Waals surface area (Å²) in [5, 5.41) is 35.2. The van der Waals surface area contributed by atoms with Crippen LogP contribution in [0, 0.1) is 46.3 Å². The average Bonchev–Trinajstić information content (AvgIpc) is 3.14. The Kier molecular flexibility index (Phi) is 7.44. The molecule has 0 bridgehead atoms. The second kappa shape index (κ2) is 9.47. The molecule has 0 spiro atoms. The maximum Gasteiger partial charge on any atom is 0.342 e. The Labute approximate surface area is 215 Å². The van der Waals surface area contributed by atoms with Crippen LogP contribution in [0.4, 0.5) is 0 Å². The van der Waals surface area contributed by atoms with E-state index in [4.69, 9.17) is 4.55 Å². The monoisotopic (exact) mass is 530 g/mol. The molecule has 9 heteroatoms. The lowest BCUT2D eigenvalue weighted by atomic mass is 9.44. The molecule has 0 aliphatic heterocycles. The molecule has 5 N–H and O–H groups in total. The highest BCUT2D eigenvalue weighted by molar-refractivity contribution is 7.87. The molecule has 0 amide bonds. The lowest BCUT2D eigenvalue weighted by Crippen LogP contribution is -2.63. The van der Waals surface area contributed by atoms with Crippen molar-refractivity contribution in [2.45, 2.75) is 115 Å². The van der Waals surface area contributed by atoms with Crippen LogP contribution in [0.1, 0.15) is 104 Å². The molecule has 0 radical (unpaired) electrons. The van der Waals surface area contributed by atoms with E-state index in [1.165, 1.54) is 57.8 Å². The number of aliphatic carboxylic acids is 1. The van der Waals surface area contributed by atoms with Crippen LogP contribution in [0.2, 0.25) is 0 Å². The van der Waals surface area contributed by atoms with Crippen molar-refractivity contribution in [2.24, 2.45) is 46.3 Å². The number of carboxylic acid groups (broad SMARTS) is 1. The van der Waals surface area contributed by atoms with Crippen LogP contribution in [0.25, 0.3) is 0 Å². The van der Waals surface area contributed by atoms with Gasteiger partial charge in [0.1, 0.15) is 0 Å². The van der Waals surface area contributed by atoms with E-state index in [1.807, 2.05) is 0 Å². The van der Waals surface area contributed by atoms with E-state index < -0.39 is 33.2 Å². The molecule has 4 fully saturated rings. The van der Waals surface area contributed by atoms with Crippen LogP contribution < -0.4 is 0 Å². The molecule has 36 heavy (non-hydrogen) atoms. The van der Waals surface area contributed by atoms with Crippen LogP contribution >= 0.6 is 0 Å². The van der Waals surface area contributed by atoms with E-state index in [9.17, 15) is 33.6 Å². The van der Waals surface area contributed by atoms with Crippen molar-refractivity contribution in [3.63, 3.8) is 0 Å². The summed E-state index contributed by atoms with van der Waals surface area (Å²) in [5.74, 6) is 1.74. The van der Waals surface area contributed by atoms with E-state index >= 15 is 0 Å². The third kappa shape index (κ3) is 4.25. The topological polar surface area (TPSA) is 152 Å². The van der Waals surface area contributed by atoms with Gasteiger partial charge in [0, 0.05) is 0 Å². The SMILES string of the molecule is C[C@H](CCCC(O)(C(=O)O)C(O)(O)S(=O)(=O)O)[C@H]1CC[C@H]2[C@@H]3CCC4CCCC[C@]4(C)[C@H]3CC[C@]12C. The van der Waals surface area contributed by atoms with Crippen molar-refractivity contribution in [2.75, 3.05) is 0 Å². The van der Waals surface area contributed by atoms with Crippen molar-refractivity contribution in [1.82, 2.24) is 0 Å². The van der Waals surface area contributed by atoms with Crippen LogP contribution in [-0.2, 0) is 14.9 Å². The summed E-state index contributed by atoms with van der Waals surface area (Å²) in [7, 11) is -5.64. The number of rotatable bonds is 8. The molecule has 0 aromatic heterocycles. The Balaban J connectivity index is 1.43. The maximum absolute atomic E-state index is 11.6. The molecule has 0 heterocycles. The summed E-state index contributed by atoms with van der Waals surface area (Å²) >= 11 is 0. The van der Waals surface area contributed by atoms with Crippen LogP contribution in [-0.4, -0.2) is 50.1 Å². The van der Waals surface area contributed by atoms with Crippen LogP contribution in [0.3, 0.4) is 0 Å². The lowest BCUT2D eigenvalue weighted by Gasteiger charge is -2.61. The summed E-state index contributed by atoms with van der Waals surface area (Å²) in [6.45, 7) is 7.15. The van der Waals surface area contributed by atoms with Gasteiger partial charge in [-0.1, -0.05) is 40.0 Å². The van der Waals surface area contributed by atoms with Gasteiger partial charge in [0.2, 0.25) is 5.60 Å². The summed E-state index contributed by atoms with van der Waals surface area (Å²) in [5.41, 5.74) is -2.72. The lowest BCUT2D eigenvalue weighted by molar-refractivity contribution is -0.232. The Morgan fingerprint density at radius 2 is 1.61 bits per heavy atom. The molecular weight excluding hydrogens is 484 g/mol. The smallest absolute Gasteiger partial charge is 0.342 e. The van der Waals surface area contributed by atoms with E-state index in [0.717, 1.165) is 24.2 Å². The summed E-state index contributed by atoms with van der Waals surface area (Å²) in [6.07, 6.45) is 12.9. The minimum atomic E-state index is -5.64. The number of carbonyl (C=O) groups is 1. The molecule has 9 atom stereocenters. The van der Waals surface area contributed by atoms with Gasteiger partial charge in [-0.15, -0.1) is 0 Å². The standard InChI is InChI=1S/C27H46O8S/c1-17(7-6-15-26(30,23(28)29)27(31,32)36(33,34)35)20-11-12-21-19-10-9-18-8-4-5-14-24(18,2)22(19)13-16-25(20,21)3/h17-22,30-32H,4-16H2,1-3H3,(H,28,29)(H,33,34,35)/t17-,18?,19+,20-,21+,22+,24+,25-,26?/m1/s1. The van der Waals surface area contributed by atoms with E-state index in [0.29, 0.717) is 23.7 Å². The highest BCUT2D eigenvalue weighted by Gasteiger charge is 2.63. The molecule has 0 saturated heterocycles. The first kappa shape index (κ1) is 28.3. The van der Waals surface area contributed by atoms with Gasteiger partial charge < -0.3 is 20.4 Å². The fourth-order valence-corrected chi connectivity index (χ4v) is 10.4. The number of hydrogen-bond acceptors (Lipinski definition) is 6. The highest BCUT2D eigenvalue weighted by atomic mass is 32.2. The summed E-state index contributed by atoms with van der Waals surface area (Å²) in [4.78, 5) is 11.6. The van der Waals surface area contributed by atoms with Gasteiger partial charge in [-0.2, -0.15) is 8.42 Å². The fraction of sp³-hybridized carbons (Fsp3) is 0.963. The molecule has 4 saturated carbocycles. The van der Waals surface area contributed by atoms with Gasteiger partial charge in [0.05, 0.1) is 0 Å². The van der Waals surface area contributed by atoms with Gasteiger partial charge in [-0.05, 0) is 111 Å². The molecule has 4 aliphatic carbocycles. The summed E-state index contributed by atoms with van der Waals surface area (Å²) in [6, 6.07) is 0. The first-order chi connectivity index (χ1) is 16.6. The number of hydrogen-bond donors (Lipinski definition) is 5. The third-order valence-corrected chi connectivity index (χ3v) is 12.9. The molecule has 0 aromatic carbocycles. The van der Waals surface area contributed by atoms with Crippen molar-refractivity contribution in [3.05, 3.63) is 0 Å². The van der Waals surface area contributed by atoms with Crippen LogP contribution in [0.5, 0.6) is 0 Å². The first-order valence-corrected chi connectivity index (χ1v) is 15.4. The van der Waals surface area contributed by atoms with E-state index in [1.54, 1.807) is 0 Å². The molecule has 4 rings (SSSR count). The Hall–Kier alpha value is -0.740. The van der Waals surface area contributed by atoms with Crippen molar-refractivity contribution in [3.8, 4) is 0 Å². The van der Waals surface area contributed by atoms with E-state index in [2.05, 4.69) is 20.8 Å². The zero-order valence-corrected chi connectivity index (χ0v) is 22.8. The predicted octanol–water partition coefficient (Wildman–Crippen LogP) is 4.18. The predicted molar refractivity (Wildman–Crippen MR) is 134 cm³/mol. The molecule has 8 nitrogen and oxygen atoms in total.